The van der Waals surface area contributed by atoms with E-state index >= 15 is 0 Å². The van der Waals surface area contributed by atoms with Gasteiger partial charge >= 0.3 is 53.6 Å². The zero-order valence-corrected chi connectivity index (χ0v) is 20.4. The second kappa shape index (κ2) is 10.6. The number of esters is 1. The summed E-state index contributed by atoms with van der Waals surface area (Å²) < 4.78 is 240. The number of carbonyl (C=O) groups is 1. The highest BCUT2D eigenvalue weighted by atomic mass is 19.4. The Morgan fingerprint density at radius 1 is 0.659 bits per heavy atom. The maximum absolute atomic E-state index is 14.7. The Balaban J connectivity index is 3.74. The molecule has 1 aromatic rings. The smallest absolute Gasteiger partial charge is 0.460 e. The van der Waals surface area contributed by atoms with E-state index in [1.807, 2.05) is 0 Å². The fourth-order valence-electron chi connectivity index (χ4n) is 3.34. The van der Waals surface area contributed by atoms with Crippen LogP contribution in [0.4, 0.5) is 74.6 Å². The minimum Gasteiger partial charge on any atom is -0.462 e. The van der Waals surface area contributed by atoms with Crippen LogP contribution in [0.3, 0.4) is 0 Å². The van der Waals surface area contributed by atoms with Crippen molar-refractivity contribution in [2.45, 2.75) is 73.5 Å². The number of hydrogen-bond acceptors (Lipinski definition) is 3. The third-order valence-corrected chi connectivity index (χ3v) is 5.79. The second-order valence-corrected chi connectivity index (χ2v) is 8.53. The topological polar surface area (TPSA) is 35.5 Å². The number of methoxy groups -OCH3 is 1. The fraction of sp³-hybridized carbons (Fsp3) is 0.667. The Morgan fingerprint density at radius 2 is 1.05 bits per heavy atom. The first kappa shape index (κ1) is 36.5. The predicted molar refractivity (Wildman–Crippen MR) is 102 cm³/mol. The monoisotopic (exact) mass is 640 g/mol. The van der Waals surface area contributed by atoms with Gasteiger partial charge in [0.15, 0.2) is 0 Å². The SMILES string of the molecule is CCOC(=O)c1ccccc1C(C)(CC(F)(F)C(F)(F)C(F)(F)C(F)(F)C(F)(F)C(F)(F)C(F)(F)C(F)(F)F)OC. The number of ether oxygens (including phenoxy) is 2. The second-order valence-electron chi connectivity index (χ2n) is 8.53. The summed E-state index contributed by atoms with van der Waals surface area (Å²) in [4.78, 5) is 12.1. The summed E-state index contributed by atoms with van der Waals surface area (Å²) in [7, 11) is 0.441. The van der Waals surface area contributed by atoms with E-state index in [0.29, 0.717) is 20.1 Å². The van der Waals surface area contributed by atoms with Crippen molar-refractivity contribution < 1.29 is 88.9 Å². The van der Waals surface area contributed by atoms with Crippen molar-refractivity contribution in [3.8, 4) is 0 Å². The van der Waals surface area contributed by atoms with Crippen molar-refractivity contribution in [3.05, 3.63) is 35.4 Å². The van der Waals surface area contributed by atoms with Crippen molar-refractivity contribution in [3.63, 3.8) is 0 Å². The van der Waals surface area contributed by atoms with Gasteiger partial charge in [-0.05, 0) is 25.5 Å². The van der Waals surface area contributed by atoms with E-state index in [9.17, 15) is 79.4 Å². The maximum atomic E-state index is 14.7. The molecule has 0 bridgehead atoms. The molecule has 0 N–H and O–H groups in total. The first-order valence-corrected chi connectivity index (χ1v) is 10.5. The summed E-state index contributed by atoms with van der Waals surface area (Å²) in [5.74, 6) is -58.6. The van der Waals surface area contributed by atoms with E-state index < -0.39 is 76.8 Å². The van der Waals surface area contributed by atoms with E-state index in [1.165, 1.54) is 6.92 Å². The Kier molecular flexibility index (Phi) is 9.46. The maximum Gasteiger partial charge on any atom is 0.460 e. The van der Waals surface area contributed by atoms with Crippen LogP contribution in [0, 0.1) is 0 Å². The van der Waals surface area contributed by atoms with Gasteiger partial charge in [0.1, 0.15) is 0 Å². The lowest BCUT2D eigenvalue weighted by molar-refractivity contribution is -0.462. The van der Waals surface area contributed by atoms with E-state index in [0.717, 1.165) is 18.2 Å². The summed E-state index contributed by atoms with van der Waals surface area (Å²) >= 11 is 0. The van der Waals surface area contributed by atoms with E-state index in [1.54, 1.807) is 0 Å². The molecule has 0 aliphatic heterocycles. The van der Waals surface area contributed by atoms with Crippen LogP contribution in [0.25, 0.3) is 0 Å². The van der Waals surface area contributed by atoms with Gasteiger partial charge in [-0.1, -0.05) is 18.2 Å². The summed E-state index contributed by atoms with van der Waals surface area (Å²) in [6.45, 7) is 1.27. The molecule has 0 amide bonds. The standard InChI is InChI=1S/C21H17F17O3/c1-4-41-12(39)10-7-5-6-8-11(10)13(2,40-3)9-14(22,23)15(24,25)16(26,27)17(28,29)18(30,31)19(32,33)20(34,35)21(36,37)38/h5-8H,4,9H2,1-3H3. The number of benzene rings is 1. The van der Waals surface area contributed by atoms with Crippen LogP contribution < -0.4 is 0 Å². The lowest BCUT2D eigenvalue weighted by atomic mass is 9.81. The quantitative estimate of drug-likeness (QED) is 0.171. The summed E-state index contributed by atoms with van der Waals surface area (Å²) in [5.41, 5.74) is -4.68. The largest absolute Gasteiger partial charge is 0.462 e. The van der Waals surface area contributed by atoms with Gasteiger partial charge in [-0.15, -0.1) is 0 Å². The zero-order chi connectivity index (χ0) is 32.9. The molecule has 0 aliphatic carbocycles. The Hall–Kier alpha value is -2.54. The van der Waals surface area contributed by atoms with Gasteiger partial charge in [-0.2, -0.15) is 74.6 Å². The molecule has 0 radical (unpaired) electrons. The van der Waals surface area contributed by atoms with Gasteiger partial charge in [-0.3, -0.25) is 0 Å². The van der Waals surface area contributed by atoms with E-state index in [4.69, 9.17) is 0 Å². The fourth-order valence-corrected chi connectivity index (χ4v) is 3.34. The van der Waals surface area contributed by atoms with Gasteiger partial charge in [0.05, 0.1) is 24.2 Å². The minimum atomic E-state index is -8.72. The Morgan fingerprint density at radius 3 is 1.44 bits per heavy atom. The van der Waals surface area contributed by atoms with Gasteiger partial charge in [-0.25, -0.2) is 4.79 Å². The van der Waals surface area contributed by atoms with Crippen molar-refractivity contribution in [2.75, 3.05) is 13.7 Å². The summed E-state index contributed by atoms with van der Waals surface area (Å²) in [5, 5.41) is 0. The molecular formula is C21H17F17O3. The van der Waals surface area contributed by atoms with Crippen LogP contribution in [0.1, 0.15) is 36.2 Å². The van der Waals surface area contributed by atoms with Crippen molar-refractivity contribution in [1.82, 2.24) is 0 Å². The first-order chi connectivity index (χ1) is 18.0. The number of rotatable bonds is 12. The summed E-state index contributed by atoms with van der Waals surface area (Å²) in [6.07, 6.45) is -10.7. The van der Waals surface area contributed by atoms with Gasteiger partial charge in [0.25, 0.3) is 0 Å². The van der Waals surface area contributed by atoms with Gasteiger partial charge in [0, 0.05) is 7.11 Å². The molecule has 0 aromatic heterocycles. The number of halogens is 17. The molecule has 1 rings (SSSR count). The molecule has 0 spiro atoms. The highest BCUT2D eigenvalue weighted by Crippen LogP contribution is 2.64. The van der Waals surface area contributed by atoms with Crippen LogP contribution in [-0.2, 0) is 15.1 Å². The molecule has 1 atom stereocenters. The van der Waals surface area contributed by atoms with Crippen molar-refractivity contribution in [2.24, 2.45) is 0 Å². The molecule has 1 aromatic carbocycles. The molecule has 0 saturated carbocycles. The number of carbonyl (C=O) groups excluding carboxylic acids is 1. The average molecular weight is 640 g/mol. The highest BCUT2D eigenvalue weighted by Gasteiger charge is 2.95. The molecule has 0 aliphatic rings. The van der Waals surface area contributed by atoms with E-state index in [-0.39, 0.29) is 6.61 Å². The third-order valence-electron chi connectivity index (χ3n) is 5.79. The van der Waals surface area contributed by atoms with E-state index in [2.05, 4.69) is 9.47 Å². The molecule has 0 heterocycles. The van der Waals surface area contributed by atoms with Crippen molar-refractivity contribution >= 4 is 5.97 Å². The lowest BCUT2D eigenvalue weighted by Gasteiger charge is -2.44. The molecule has 238 valence electrons. The third kappa shape index (κ3) is 5.39. The highest BCUT2D eigenvalue weighted by molar-refractivity contribution is 5.91. The minimum absolute atomic E-state index is 0.362. The first-order valence-electron chi connectivity index (χ1n) is 10.5. The van der Waals surface area contributed by atoms with Crippen LogP contribution in [-0.4, -0.2) is 67.3 Å². The molecule has 41 heavy (non-hydrogen) atoms. The van der Waals surface area contributed by atoms with Crippen LogP contribution in [0.2, 0.25) is 0 Å². The molecule has 3 nitrogen and oxygen atoms in total. The predicted octanol–water partition coefficient (Wildman–Crippen LogP) is 8.12. The van der Waals surface area contributed by atoms with Crippen molar-refractivity contribution in [1.29, 1.82) is 0 Å². The number of hydrogen-bond donors (Lipinski definition) is 0. The molecular weight excluding hydrogens is 623 g/mol. The van der Waals surface area contributed by atoms with Crippen LogP contribution in [0.5, 0.6) is 0 Å². The van der Waals surface area contributed by atoms with Gasteiger partial charge < -0.3 is 9.47 Å². The normalized spacial score (nSPS) is 16.4. The molecule has 20 heteroatoms. The molecule has 1 unspecified atom stereocenters. The average Bonchev–Trinajstić information content (AvgIpc) is 2.82. The molecule has 0 fully saturated rings. The zero-order valence-electron chi connectivity index (χ0n) is 20.4. The molecule has 0 saturated heterocycles. The summed E-state index contributed by atoms with van der Waals surface area (Å²) in [6, 6.07) is 3.50. The van der Waals surface area contributed by atoms with Crippen LogP contribution >= 0.6 is 0 Å². The number of alkyl halides is 17. The van der Waals surface area contributed by atoms with Gasteiger partial charge in [0.2, 0.25) is 0 Å². The van der Waals surface area contributed by atoms with Crippen LogP contribution in [0.15, 0.2) is 24.3 Å². The lowest BCUT2D eigenvalue weighted by Crippen LogP contribution is -2.74. The Labute approximate surface area is 218 Å². The Bertz CT molecular complexity index is 1100.